The predicted molar refractivity (Wildman–Crippen MR) is 131 cm³/mol. The van der Waals surface area contributed by atoms with Gasteiger partial charge >= 0.3 is 5.97 Å². The maximum absolute atomic E-state index is 12.7. The molecule has 2 saturated heterocycles. The molecule has 0 radical (unpaired) electrons. The van der Waals surface area contributed by atoms with Crippen LogP contribution in [0.4, 0.5) is 0 Å². The third-order valence-electron chi connectivity index (χ3n) is 6.96. The van der Waals surface area contributed by atoms with E-state index >= 15 is 0 Å². The molecule has 3 amide bonds. The van der Waals surface area contributed by atoms with E-state index in [1.165, 1.54) is 28.0 Å². The first-order chi connectivity index (χ1) is 17.1. The fraction of sp³-hybridized carbons (Fsp3) is 0.500. The van der Waals surface area contributed by atoms with Crippen molar-refractivity contribution < 1.29 is 29.4 Å². The molecular weight excluding hydrogens is 508 g/mol. The smallest absolute Gasteiger partial charge is 0.353 e. The summed E-state index contributed by atoms with van der Waals surface area (Å²) in [6.45, 7) is 5.58. The van der Waals surface area contributed by atoms with Gasteiger partial charge < -0.3 is 20.4 Å². The largest absolute Gasteiger partial charge is 0.477 e. The van der Waals surface area contributed by atoms with Gasteiger partial charge in [0, 0.05) is 34.2 Å². The number of carboxylic acids is 1. The Labute approximate surface area is 214 Å². The maximum Gasteiger partial charge on any atom is 0.353 e. The lowest BCUT2D eigenvalue weighted by Gasteiger charge is -2.46. The zero-order valence-corrected chi connectivity index (χ0v) is 21.4. The number of hydrogen-bond acceptors (Lipinski definition) is 9. The summed E-state index contributed by atoms with van der Waals surface area (Å²) in [5, 5.41) is 24.6. The van der Waals surface area contributed by atoms with Crippen molar-refractivity contribution in [2.24, 2.45) is 11.8 Å². The molecule has 0 aromatic carbocycles. The van der Waals surface area contributed by atoms with Crippen LogP contribution in [0.1, 0.15) is 36.5 Å². The molecule has 12 nitrogen and oxygen atoms in total. The molecule has 0 saturated carbocycles. The van der Waals surface area contributed by atoms with Crippen LogP contribution >= 0.6 is 23.1 Å². The zero-order valence-electron chi connectivity index (χ0n) is 19.7. The number of thiazole rings is 1. The van der Waals surface area contributed by atoms with Crippen LogP contribution in [0, 0.1) is 18.8 Å². The number of β-lactam (4-membered cyclic amide) rings is 1. The van der Waals surface area contributed by atoms with Crippen LogP contribution in [0.2, 0.25) is 0 Å². The Hall–Kier alpha value is -2.94. The summed E-state index contributed by atoms with van der Waals surface area (Å²) in [4.78, 5) is 56.7. The van der Waals surface area contributed by atoms with Crippen LogP contribution in [0.15, 0.2) is 22.2 Å². The predicted octanol–water partition coefficient (Wildman–Crippen LogP) is 0.0826. The molecule has 6 atom stereocenters. The van der Waals surface area contributed by atoms with E-state index in [1.54, 1.807) is 24.4 Å². The summed E-state index contributed by atoms with van der Waals surface area (Å²) in [7, 11) is 0. The van der Waals surface area contributed by atoms with Crippen LogP contribution in [0.25, 0.3) is 4.96 Å². The highest BCUT2D eigenvalue weighted by molar-refractivity contribution is 8.03. The summed E-state index contributed by atoms with van der Waals surface area (Å²) >= 11 is 2.76. The first-order valence-corrected chi connectivity index (χ1v) is 13.3. The SMILES string of the molecule is Cc1nc2sccn2c1C(=O)NNC(=O)[C@@H]1C[C@H](SC2=C(C(=O)O)N3C(=O)[C@H]([C@@H](C)O)C3[C@H]2C)CN1. The molecule has 3 aliphatic heterocycles. The minimum Gasteiger partial charge on any atom is -0.477 e. The summed E-state index contributed by atoms with van der Waals surface area (Å²) in [5.74, 6) is -3.30. The van der Waals surface area contributed by atoms with Gasteiger partial charge in [0.1, 0.15) is 11.4 Å². The fourth-order valence-electron chi connectivity index (χ4n) is 5.28. The molecule has 2 aromatic heterocycles. The highest BCUT2D eigenvalue weighted by Crippen LogP contribution is 2.51. The van der Waals surface area contributed by atoms with Gasteiger partial charge in [-0.15, -0.1) is 23.1 Å². The molecule has 0 aliphatic carbocycles. The monoisotopic (exact) mass is 534 g/mol. The number of aromatic nitrogens is 2. The Morgan fingerprint density at radius 1 is 1.33 bits per heavy atom. The Morgan fingerprint density at radius 3 is 2.78 bits per heavy atom. The number of carbonyl (C=O) groups excluding carboxylic acids is 3. The summed E-state index contributed by atoms with van der Waals surface area (Å²) < 4.78 is 1.66. The van der Waals surface area contributed by atoms with Gasteiger partial charge in [-0.25, -0.2) is 9.78 Å². The van der Waals surface area contributed by atoms with Crippen LogP contribution in [0.5, 0.6) is 0 Å². The van der Waals surface area contributed by atoms with Gasteiger partial charge in [-0.2, -0.15) is 0 Å². The Bertz CT molecular complexity index is 1300. The van der Waals surface area contributed by atoms with E-state index in [9.17, 15) is 29.4 Å². The molecule has 2 fully saturated rings. The van der Waals surface area contributed by atoms with Crippen LogP contribution in [0.3, 0.4) is 0 Å². The maximum atomic E-state index is 12.7. The first kappa shape index (κ1) is 24.7. The van der Waals surface area contributed by atoms with E-state index in [-0.39, 0.29) is 28.8 Å². The molecule has 1 unspecified atom stereocenters. The third kappa shape index (κ3) is 3.88. The Balaban J connectivity index is 1.21. The van der Waals surface area contributed by atoms with Gasteiger partial charge in [-0.1, -0.05) is 6.92 Å². The minimum atomic E-state index is -1.18. The van der Waals surface area contributed by atoms with Gasteiger partial charge in [0.15, 0.2) is 4.96 Å². The fourth-order valence-corrected chi connectivity index (χ4v) is 7.52. The Kier molecular flexibility index (Phi) is 6.31. The second kappa shape index (κ2) is 9.18. The van der Waals surface area contributed by atoms with E-state index in [2.05, 4.69) is 21.2 Å². The first-order valence-electron chi connectivity index (χ1n) is 11.5. The molecule has 36 heavy (non-hydrogen) atoms. The van der Waals surface area contributed by atoms with E-state index in [0.717, 1.165) is 0 Å². The van der Waals surface area contributed by atoms with Crippen LogP contribution in [-0.4, -0.2) is 78.2 Å². The molecule has 14 heteroatoms. The topological polar surface area (TPSA) is 165 Å². The minimum absolute atomic E-state index is 0.0320. The van der Waals surface area contributed by atoms with Crippen molar-refractivity contribution in [1.29, 1.82) is 0 Å². The number of nitrogens with zero attached hydrogens (tertiary/aromatic N) is 3. The second-order valence-corrected chi connectivity index (χ2v) is 11.5. The molecule has 3 aliphatic rings. The molecule has 0 spiro atoms. The molecule has 2 aromatic rings. The van der Waals surface area contributed by atoms with Gasteiger partial charge in [-0.05, 0) is 20.3 Å². The molecule has 5 heterocycles. The van der Waals surface area contributed by atoms with Crippen molar-refractivity contribution in [3.8, 4) is 0 Å². The van der Waals surface area contributed by atoms with Crippen molar-refractivity contribution in [3.05, 3.63) is 33.6 Å². The quantitative estimate of drug-likeness (QED) is 0.255. The number of aliphatic hydroxyl groups is 1. The number of nitrogens with one attached hydrogen (secondary N) is 3. The number of aliphatic hydroxyl groups excluding tert-OH is 1. The number of imidazole rings is 1. The number of amides is 3. The van der Waals surface area contributed by atoms with Gasteiger partial charge in [0.05, 0.1) is 29.8 Å². The molecule has 192 valence electrons. The molecule has 0 bridgehead atoms. The number of hydrogen-bond donors (Lipinski definition) is 5. The molecular formula is C22H26N6O6S2. The number of rotatable bonds is 6. The number of fused-ring (bicyclic) bond motifs is 2. The normalized spacial score (nSPS) is 28.3. The summed E-state index contributed by atoms with van der Waals surface area (Å²) in [6.07, 6.45) is 1.29. The highest BCUT2D eigenvalue weighted by atomic mass is 32.2. The average molecular weight is 535 g/mol. The summed E-state index contributed by atoms with van der Waals surface area (Å²) in [6, 6.07) is -0.957. The second-order valence-electron chi connectivity index (χ2n) is 9.25. The Morgan fingerprint density at radius 2 is 2.08 bits per heavy atom. The van der Waals surface area contributed by atoms with Crippen LogP contribution < -0.4 is 16.2 Å². The number of carboxylic acid groups (broad SMARTS) is 1. The zero-order chi connectivity index (χ0) is 25.9. The van der Waals surface area contributed by atoms with Crippen LogP contribution in [-0.2, 0) is 14.4 Å². The highest BCUT2D eigenvalue weighted by Gasteiger charge is 2.60. The van der Waals surface area contributed by atoms with Crippen molar-refractivity contribution in [2.45, 2.75) is 50.6 Å². The average Bonchev–Trinajstić information content (AvgIpc) is 3.56. The number of aliphatic carboxylic acids is 1. The lowest BCUT2D eigenvalue weighted by atomic mass is 9.79. The van der Waals surface area contributed by atoms with Gasteiger partial charge in [-0.3, -0.25) is 29.6 Å². The number of thioether (sulfide) groups is 1. The van der Waals surface area contributed by atoms with E-state index in [1.807, 2.05) is 12.3 Å². The standard InChI is InChI=1S/C22H26N6O6S2/c1-8-14-13(10(3)29)20(32)28(14)16(21(33)34)17(8)36-11-6-12(23-7-11)18(30)25-26-19(31)15-9(2)24-22-27(15)4-5-35-22/h4-5,8,10-14,23,29H,6-7H2,1-3H3,(H,25,30)(H,26,31)(H,33,34)/t8-,10-,11+,12+,13-,14?/m1/s1. The van der Waals surface area contributed by atoms with Crippen molar-refractivity contribution >= 4 is 51.8 Å². The number of aryl methyl sites for hydroxylation is 1. The van der Waals surface area contributed by atoms with E-state index in [0.29, 0.717) is 34.2 Å². The number of carbonyl (C=O) groups is 4. The lowest BCUT2D eigenvalue weighted by molar-refractivity contribution is -0.163. The number of hydrazine groups is 1. The van der Waals surface area contributed by atoms with Crippen molar-refractivity contribution in [3.63, 3.8) is 0 Å². The van der Waals surface area contributed by atoms with Crippen molar-refractivity contribution in [1.82, 2.24) is 30.5 Å². The molecule has 5 rings (SSSR count). The van der Waals surface area contributed by atoms with Gasteiger partial charge in [0.25, 0.3) is 11.8 Å². The summed E-state index contributed by atoms with van der Waals surface area (Å²) in [5.41, 5.74) is 5.77. The molecule has 5 N–H and O–H groups in total. The lowest BCUT2D eigenvalue weighted by Crippen LogP contribution is -2.63. The van der Waals surface area contributed by atoms with Gasteiger partial charge in [0.2, 0.25) is 5.91 Å². The van der Waals surface area contributed by atoms with E-state index < -0.39 is 35.8 Å². The third-order valence-corrected chi connectivity index (χ3v) is 9.23. The van der Waals surface area contributed by atoms with E-state index in [4.69, 9.17) is 0 Å². The van der Waals surface area contributed by atoms with Crippen molar-refractivity contribution in [2.75, 3.05) is 6.54 Å².